The summed E-state index contributed by atoms with van der Waals surface area (Å²) in [4.78, 5) is 4.86. The van der Waals surface area contributed by atoms with Crippen molar-refractivity contribution >= 4 is 16.6 Å². The quantitative estimate of drug-likeness (QED) is 0.920. The van der Waals surface area contributed by atoms with Crippen LogP contribution in [0.1, 0.15) is 36.6 Å². The highest BCUT2D eigenvalue weighted by Crippen LogP contribution is 2.32. The lowest BCUT2D eigenvalue weighted by atomic mass is 9.89. The molecule has 1 aromatic carbocycles. The molecular weight excluding hydrogens is 248 g/mol. The smallest absolute Gasteiger partial charge is 0.0885 e. The zero-order valence-corrected chi connectivity index (χ0v) is 12.3. The summed E-state index contributed by atoms with van der Waals surface area (Å²) < 4.78 is 5.26. The lowest BCUT2D eigenvalue weighted by Crippen LogP contribution is -2.07. The fourth-order valence-electron chi connectivity index (χ4n) is 3.13. The summed E-state index contributed by atoms with van der Waals surface area (Å²) in [6.45, 7) is 3.61. The molecule has 0 unspecified atom stereocenters. The molecule has 3 nitrogen and oxygen atoms in total. The lowest BCUT2D eigenvalue weighted by Gasteiger charge is -2.19. The first-order valence-electron chi connectivity index (χ1n) is 7.50. The third kappa shape index (κ3) is 2.38. The van der Waals surface area contributed by atoms with Crippen molar-refractivity contribution in [3.63, 3.8) is 0 Å². The minimum atomic E-state index is 0.567. The molecule has 1 aliphatic carbocycles. The van der Waals surface area contributed by atoms with E-state index in [1.807, 2.05) is 0 Å². The molecule has 1 aliphatic rings. The average molecular weight is 270 g/mol. The van der Waals surface area contributed by atoms with Crippen LogP contribution in [0.15, 0.2) is 18.2 Å². The molecule has 3 heteroatoms. The second kappa shape index (κ2) is 5.80. The molecule has 3 rings (SSSR count). The number of methoxy groups -OCH3 is 1. The molecule has 0 atom stereocenters. The number of nitrogens with one attached hydrogen (secondary N) is 1. The molecule has 2 aromatic rings. The number of pyridine rings is 1. The van der Waals surface area contributed by atoms with Crippen molar-refractivity contribution in [1.82, 2.24) is 4.98 Å². The van der Waals surface area contributed by atoms with Crippen LogP contribution in [-0.4, -0.2) is 18.6 Å². The Hall–Kier alpha value is -1.61. The van der Waals surface area contributed by atoms with E-state index in [2.05, 4.69) is 30.4 Å². The fourth-order valence-corrected chi connectivity index (χ4v) is 3.13. The van der Waals surface area contributed by atoms with Crippen LogP contribution < -0.4 is 5.32 Å². The number of anilines is 1. The number of nitrogens with zero attached hydrogens (tertiary/aromatic N) is 1. The fraction of sp³-hybridized carbons (Fsp3) is 0.471. The highest BCUT2D eigenvalue weighted by Gasteiger charge is 2.15. The first-order valence-corrected chi connectivity index (χ1v) is 7.50. The first kappa shape index (κ1) is 13.4. The zero-order chi connectivity index (χ0) is 13.9. The van der Waals surface area contributed by atoms with E-state index in [-0.39, 0.29) is 0 Å². The van der Waals surface area contributed by atoms with E-state index in [1.54, 1.807) is 7.11 Å². The van der Waals surface area contributed by atoms with Gasteiger partial charge in [0.25, 0.3) is 0 Å². The Morgan fingerprint density at radius 2 is 2.10 bits per heavy atom. The van der Waals surface area contributed by atoms with Crippen molar-refractivity contribution in [3.05, 3.63) is 35.0 Å². The van der Waals surface area contributed by atoms with Gasteiger partial charge in [-0.1, -0.05) is 12.1 Å². The van der Waals surface area contributed by atoms with Crippen molar-refractivity contribution < 1.29 is 4.74 Å². The largest absolute Gasteiger partial charge is 0.385 e. The van der Waals surface area contributed by atoms with Gasteiger partial charge in [-0.25, -0.2) is 4.98 Å². The summed E-state index contributed by atoms with van der Waals surface area (Å²) in [5, 5.41) is 4.70. The predicted molar refractivity (Wildman–Crippen MR) is 83.3 cm³/mol. The molecule has 0 saturated carbocycles. The zero-order valence-electron chi connectivity index (χ0n) is 12.3. The second-order valence-corrected chi connectivity index (χ2v) is 5.43. The van der Waals surface area contributed by atoms with E-state index in [4.69, 9.17) is 9.72 Å². The molecule has 20 heavy (non-hydrogen) atoms. The molecule has 1 aromatic heterocycles. The van der Waals surface area contributed by atoms with Crippen LogP contribution in [0.2, 0.25) is 0 Å². The van der Waals surface area contributed by atoms with Crippen molar-refractivity contribution in [2.75, 3.05) is 19.0 Å². The van der Waals surface area contributed by atoms with Crippen LogP contribution in [-0.2, 0) is 24.2 Å². The van der Waals surface area contributed by atoms with Crippen LogP contribution in [0.5, 0.6) is 0 Å². The molecule has 106 valence electrons. The van der Waals surface area contributed by atoms with Gasteiger partial charge < -0.3 is 10.1 Å². The van der Waals surface area contributed by atoms with Crippen LogP contribution in [0, 0.1) is 0 Å². The molecule has 0 spiro atoms. The second-order valence-electron chi connectivity index (χ2n) is 5.43. The summed E-state index contributed by atoms with van der Waals surface area (Å²) >= 11 is 0. The van der Waals surface area contributed by atoms with Gasteiger partial charge in [0, 0.05) is 24.7 Å². The number of aryl methyl sites for hydroxylation is 2. The standard InChI is InChI=1S/C17H22N2O/c1-3-18-16-10-13(11-20-2)19-17-14-7-5-4-6-12(14)8-9-15(16)17/h8-10H,3-7,11H2,1-2H3,(H,18,19). The molecule has 0 saturated heterocycles. The summed E-state index contributed by atoms with van der Waals surface area (Å²) in [5.74, 6) is 0. The predicted octanol–water partition coefficient (Wildman–Crippen LogP) is 3.69. The maximum Gasteiger partial charge on any atom is 0.0885 e. The number of benzene rings is 1. The van der Waals surface area contributed by atoms with Gasteiger partial charge in [0.1, 0.15) is 0 Å². The van der Waals surface area contributed by atoms with E-state index >= 15 is 0 Å². The van der Waals surface area contributed by atoms with E-state index in [0.29, 0.717) is 6.61 Å². The Morgan fingerprint density at radius 3 is 2.90 bits per heavy atom. The summed E-state index contributed by atoms with van der Waals surface area (Å²) in [6, 6.07) is 6.63. The van der Waals surface area contributed by atoms with E-state index < -0.39 is 0 Å². The number of hydrogen-bond acceptors (Lipinski definition) is 3. The molecule has 0 fully saturated rings. The lowest BCUT2D eigenvalue weighted by molar-refractivity contribution is 0.182. The Labute approximate surface area is 120 Å². The Bertz CT molecular complexity index is 622. The molecular formula is C17H22N2O. The molecule has 0 radical (unpaired) electrons. The highest BCUT2D eigenvalue weighted by molar-refractivity contribution is 5.94. The van der Waals surface area contributed by atoms with Crippen LogP contribution >= 0.6 is 0 Å². The number of aromatic nitrogens is 1. The minimum absolute atomic E-state index is 0.567. The summed E-state index contributed by atoms with van der Waals surface area (Å²) in [7, 11) is 1.72. The molecule has 0 aliphatic heterocycles. The van der Waals surface area contributed by atoms with E-state index in [1.165, 1.54) is 47.0 Å². The van der Waals surface area contributed by atoms with Gasteiger partial charge in [-0.05, 0) is 49.8 Å². The Kier molecular flexibility index (Phi) is 3.88. The van der Waals surface area contributed by atoms with Crippen molar-refractivity contribution in [2.24, 2.45) is 0 Å². The van der Waals surface area contributed by atoms with Crippen LogP contribution in [0.4, 0.5) is 5.69 Å². The summed E-state index contributed by atoms with van der Waals surface area (Å²) in [6.07, 6.45) is 4.93. The normalized spacial score (nSPS) is 14.3. The van der Waals surface area contributed by atoms with Gasteiger partial charge >= 0.3 is 0 Å². The molecule has 0 amide bonds. The molecule has 1 heterocycles. The van der Waals surface area contributed by atoms with Crippen molar-refractivity contribution in [2.45, 2.75) is 39.2 Å². The van der Waals surface area contributed by atoms with Crippen LogP contribution in [0.25, 0.3) is 10.9 Å². The van der Waals surface area contributed by atoms with Crippen molar-refractivity contribution in [3.8, 4) is 0 Å². The average Bonchev–Trinajstić information content (AvgIpc) is 2.48. The van der Waals surface area contributed by atoms with E-state index in [0.717, 1.165) is 18.7 Å². The number of ether oxygens (including phenoxy) is 1. The van der Waals surface area contributed by atoms with Crippen LogP contribution in [0.3, 0.4) is 0 Å². The topological polar surface area (TPSA) is 34.1 Å². The van der Waals surface area contributed by atoms with Gasteiger partial charge in [0.15, 0.2) is 0 Å². The molecule has 1 N–H and O–H groups in total. The van der Waals surface area contributed by atoms with Gasteiger partial charge in [-0.2, -0.15) is 0 Å². The first-order chi connectivity index (χ1) is 9.83. The number of hydrogen-bond donors (Lipinski definition) is 1. The Morgan fingerprint density at radius 1 is 1.25 bits per heavy atom. The van der Waals surface area contributed by atoms with Gasteiger partial charge in [0.2, 0.25) is 0 Å². The SMILES string of the molecule is CCNc1cc(COC)nc2c3c(ccc12)CCCC3. The number of rotatable bonds is 4. The van der Waals surface area contributed by atoms with Crippen molar-refractivity contribution in [1.29, 1.82) is 0 Å². The third-order valence-corrected chi connectivity index (χ3v) is 4.02. The maximum absolute atomic E-state index is 5.26. The summed E-state index contributed by atoms with van der Waals surface area (Å²) in [5.41, 5.74) is 6.29. The van der Waals surface area contributed by atoms with Gasteiger partial charge in [0.05, 0.1) is 17.8 Å². The van der Waals surface area contributed by atoms with Gasteiger partial charge in [-0.3, -0.25) is 0 Å². The van der Waals surface area contributed by atoms with Gasteiger partial charge in [-0.15, -0.1) is 0 Å². The Balaban J connectivity index is 2.21. The van der Waals surface area contributed by atoms with E-state index in [9.17, 15) is 0 Å². The third-order valence-electron chi connectivity index (χ3n) is 4.02. The molecule has 0 bridgehead atoms. The highest BCUT2D eigenvalue weighted by atomic mass is 16.5. The maximum atomic E-state index is 5.26. The number of fused-ring (bicyclic) bond motifs is 3. The minimum Gasteiger partial charge on any atom is -0.385 e. The monoisotopic (exact) mass is 270 g/mol.